The molecular formula is C38H35F3N4O4. The standard InChI is InChI=1S/C38H35F3N4O4/c1-43-35(47)29-12-6-11-28(21-29)27-10-5-9-26(19-27)23-37(49,36(48)44-32-14-13-30(24-42)33(22-32)38(39,40)41)31-15-17-45(18-16-31)34(46)20-25-7-3-2-4-8-25/h2-14,19,21-22,31,49H,15-18,20,23H2,1H3,(H,43,47)(H,44,48). The summed E-state index contributed by atoms with van der Waals surface area (Å²) < 4.78 is 41.1. The van der Waals surface area contributed by atoms with Gasteiger partial charge in [-0.15, -0.1) is 0 Å². The van der Waals surface area contributed by atoms with Crippen LogP contribution in [0.2, 0.25) is 0 Å². The molecule has 4 aromatic rings. The summed E-state index contributed by atoms with van der Waals surface area (Å²) in [6.07, 6.45) is -4.24. The van der Waals surface area contributed by atoms with Gasteiger partial charge in [-0.1, -0.05) is 66.7 Å². The maximum Gasteiger partial charge on any atom is 0.417 e. The van der Waals surface area contributed by atoms with Gasteiger partial charge in [0.1, 0.15) is 5.60 Å². The third-order valence-corrected chi connectivity index (χ3v) is 8.90. The summed E-state index contributed by atoms with van der Waals surface area (Å²) in [7, 11) is 1.53. The number of nitrogens with zero attached hydrogens (tertiary/aromatic N) is 2. The molecule has 0 aromatic heterocycles. The number of aliphatic hydroxyl groups is 1. The number of carbonyl (C=O) groups excluding carboxylic acids is 3. The zero-order valence-corrected chi connectivity index (χ0v) is 26.8. The summed E-state index contributed by atoms with van der Waals surface area (Å²) in [6, 6.07) is 27.8. The largest absolute Gasteiger partial charge is 0.417 e. The maximum atomic E-state index is 14.0. The molecule has 1 unspecified atom stereocenters. The fourth-order valence-corrected chi connectivity index (χ4v) is 6.25. The average molecular weight is 669 g/mol. The third kappa shape index (κ3) is 8.16. The first-order valence-electron chi connectivity index (χ1n) is 15.8. The molecule has 0 saturated carbocycles. The SMILES string of the molecule is CNC(=O)c1cccc(-c2cccc(CC(O)(C(=O)Nc3ccc(C#N)c(C(F)(F)F)c3)C3CCN(C(=O)Cc4ccccc4)CC3)c2)c1. The Balaban J connectivity index is 1.43. The minimum atomic E-state index is -4.84. The summed E-state index contributed by atoms with van der Waals surface area (Å²) in [5.41, 5.74) is -0.721. The third-order valence-electron chi connectivity index (χ3n) is 8.90. The van der Waals surface area contributed by atoms with Gasteiger partial charge in [-0.05, 0) is 65.4 Å². The Bertz CT molecular complexity index is 1880. The number of nitriles is 1. The van der Waals surface area contributed by atoms with Crippen molar-refractivity contribution in [3.8, 4) is 17.2 Å². The van der Waals surface area contributed by atoms with Crippen LogP contribution in [0, 0.1) is 17.2 Å². The monoisotopic (exact) mass is 668 g/mol. The fourth-order valence-electron chi connectivity index (χ4n) is 6.25. The van der Waals surface area contributed by atoms with E-state index in [0.717, 1.165) is 22.8 Å². The molecule has 252 valence electrons. The van der Waals surface area contributed by atoms with E-state index in [2.05, 4.69) is 10.6 Å². The van der Waals surface area contributed by atoms with Crippen LogP contribution in [0.4, 0.5) is 18.9 Å². The zero-order valence-electron chi connectivity index (χ0n) is 26.8. The van der Waals surface area contributed by atoms with Crippen LogP contribution < -0.4 is 10.6 Å². The van der Waals surface area contributed by atoms with Crippen LogP contribution in [0.1, 0.15) is 45.5 Å². The lowest BCUT2D eigenvalue weighted by Gasteiger charge is -2.40. The van der Waals surface area contributed by atoms with E-state index in [1.165, 1.54) is 19.2 Å². The molecule has 1 fully saturated rings. The van der Waals surface area contributed by atoms with E-state index in [4.69, 9.17) is 0 Å². The number of carbonyl (C=O) groups is 3. The normalized spacial score (nSPS) is 14.7. The van der Waals surface area contributed by atoms with Crippen molar-refractivity contribution < 1.29 is 32.7 Å². The fraction of sp³-hybridized carbons (Fsp3) is 0.263. The number of likely N-dealkylation sites (tertiary alicyclic amines) is 1. The molecule has 0 spiro atoms. The van der Waals surface area contributed by atoms with Crippen LogP contribution in [-0.2, 0) is 28.6 Å². The number of rotatable bonds is 9. The van der Waals surface area contributed by atoms with Gasteiger partial charge < -0.3 is 20.6 Å². The van der Waals surface area contributed by atoms with E-state index < -0.39 is 34.7 Å². The molecule has 4 aromatic carbocycles. The number of piperidine rings is 1. The lowest BCUT2D eigenvalue weighted by molar-refractivity contribution is -0.144. The number of hydrogen-bond donors (Lipinski definition) is 3. The van der Waals surface area contributed by atoms with Crippen molar-refractivity contribution >= 4 is 23.4 Å². The van der Waals surface area contributed by atoms with Crippen molar-refractivity contribution in [3.05, 3.63) is 125 Å². The van der Waals surface area contributed by atoms with E-state index in [1.807, 2.05) is 42.5 Å². The predicted molar refractivity (Wildman–Crippen MR) is 178 cm³/mol. The second-order valence-corrected chi connectivity index (χ2v) is 12.1. The molecule has 3 amide bonds. The topological polar surface area (TPSA) is 123 Å². The molecule has 0 bridgehead atoms. The minimum absolute atomic E-state index is 0.0819. The molecule has 0 radical (unpaired) electrons. The Hall–Kier alpha value is -5.47. The molecule has 49 heavy (non-hydrogen) atoms. The van der Waals surface area contributed by atoms with Gasteiger partial charge in [-0.2, -0.15) is 18.4 Å². The van der Waals surface area contributed by atoms with E-state index in [-0.39, 0.29) is 56.3 Å². The van der Waals surface area contributed by atoms with E-state index in [1.54, 1.807) is 41.3 Å². The summed E-state index contributed by atoms with van der Waals surface area (Å²) in [6.45, 7) is 0.570. The van der Waals surface area contributed by atoms with Crippen molar-refractivity contribution in [1.29, 1.82) is 5.26 Å². The Labute approximate surface area is 282 Å². The van der Waals surface area contributed by atoms with Gasteiger partial charge in [-0.25, -0.2) is 0 Å². The second-order valence-electron chi connectivity index (χ2n) is 12.1. The van der Waals surface area contributed by atoms with Gasteiger partial charge in [-0.3, -0.25) is 14.4 Å². The number of hydrogen-bond acceptors (Lipinski definition) is 5. The highest BCUT2D eigenvalue weighted by Crippen LogP contribution is 2.36. The minimum Gasteiger partial charge on any atom is -0.379 e. The van der Waals surface area contributed by atoms with Gasteiger partial charge in [0.2, 0.25) is 5.91 Å². The molecular weight excluding hydrogens is 633 g/mol. The lowest BCUT2D eigenvalue weighted by atomic mass is 9.75. The molecule has 3 N–H and O–H groups in total. The number of benzene rings is 4. The van der Waals surface area contributed by atoms with Crippen LogP contribution in [0.15, 0.2) is 97.1 Å². The lowest BCUT2D eigenvalue weighted by Crippen LogP contribution is -2.54. The van der Waals surface area contributed by atoms with Crippen LogP contribution >= 0.6 is 0 Å². The molecule has 5 rings (SSSR count). The zero-order chi connectivity index (χ0) is 35.2. The van der Waals surface area contributed by atoms with Crippen molar-refractivity contribution in [2.75, 3.05) is 25.5 Å². The Morgan fingerprint density at radius 2 is 1.53 bits per heavy atom. The quantitative estimate of drug-likeness (QED) is 0.202. The Morgan fingerprint density at radius 1 is 0.878 bits per heavy atom. The van der Waals surface area contributed by atoms with Crippen molar-refractivity contribution in [2.45, 2.75) is 37.5 Å². The van der Waals surface area contributed by atoms with E-state index in [9.17, 15) is 37.9 Å². The van der Waals surface area contributed by atoms with Crippen molar-refractivity contribution in [1.82, 2.24) is 10.2 Å². The summed E-state index contributed by atoms with van der Waals surface area (Å²) in [5.74, 6) is -1.88. The maximum absolute atomic E-state index is 14.0. The highest BCUT2D eigenvalue weighted by atomic mass is 19.4. The average Bonchev–Trinajstić information content (AvgIpc) is 3.11. The Kier molecular flexibility index (Phi) is 10.5. The molecule has 1 aliphatic rings. The number of anilines is 1. The summed E-state index contributed by atoms with van der Waals surface area (Å²) in [4.78, 5) is 41.0. The highest BCUT2D eigenvalue weighted by Gasteiger charge is 2.46. The molecule has 1 aliphatic heterocycles. The molecule has 8 nitrogen and oxygen atoms in total. The molecule has 1 heterocycles. The molecule has 1 atom stereocenters. The van der Waals surface area contributed by atoms with Crippen LogP contribution in [0.25, 0.3) is 11.1 Å². The van der Waals surface area contributed by atoms with Crippen LogP contribution in [0.5, 0.6) is 0 Å². The first-order chi connectivity index (χ1) is 23.4. The molecule has 11 heteroatoms. The van der Waals surface area contributed by atoms with Crippen LogP contribution in [-0.4, -0.2) is 53.5 Å². The van der Waals surface area contributed by atoms with Gasteiger partial charge in [0.05, 0.1) is 23.6 Å². The molecule has 1 saturated heterocycles. The summed E-state index contributed by atoms with van der Waals surface area (Å²) in [5, 5.41) is 26.5. The summed E-state index contributed by atoms with van der Waals surface area (Å²) >= 11 is 0. The number of alkyl halides is 3. The number of halogens is 3. The van der Waals surface area contributed by atoms with Crippen molar-refractivity contribution in [2.24, 2.45) is 5.92 Å². The number of amides is 3. The van der Waals surface area contributed by atoms with Gasteiger partial charge in [0, 0.05) is 43.7 Å². The molecule has 0 aliphatic carbocycles. The van der Waals surface area contributed by atoms with Gasteiger partial charge in [0.25, 0.3) is 11.8 Å². The van der Waals surface area contributed by atoms with Crippen LogP contribution in [0.3, 0.4) is 0 Å². The Morgan fingerprint density at radius 3 is 2.18 bits per heavy atom. The van der Waals surface area contributed by atoms with Gasteiger partial charge in [0.15, 0.2) is 0 Å². The first kappa shape index (κ1) is 34.9. The van der Waals surface area contributed by atoms with E-state index >= 15 is 0 Å². The highest BCUT2D eigenvalue weighted by molar-refractivity contribution is 5.98. The predicted octanol–water partition coefficient (Wildman–Crippen LogP) is 6.00. The van der Waals surface area contributed by atoms with E-state index in [0.29, 0.717) is 17.2 Å². The van der Waals surface area contributed by atoms with Gasteiger partial charge >= 0.3 is 6.18 Å². The van der Waals surface area contributed by atoms with Crippen molar-refractivity contribution in [3.63, 3.8) is 0 Å². The smallest absolute Gasteiger partial charge is 0.379 e. The second kappa shape index (κ2) is 14.7. The number of nitrogens with one attached hydrogen (secondary N) is 2. The first-order valence-corrected chi connectivity index (χ1v) is 15.8.